The highest BCUT2D eigenvalue weighted by molar-refractivity contribution is 5.92. The van der Waals surface area contributed by atoms with E-state index in [-0.39, 0.29) is 12.3 Å². The summed E-state index contributed by atoms with van der Waals surface area (Å²) < 4.78 is 11.2. The van der Waals surface area contributed by atoms with Crippen molar-refractivity contribution < 1.29 is 19.1 Å². The van der Waals surface area contributed by atoms with Crippen molar-refractivity contribution in [2.24, 2.45) is 5.73 Å². The first-order valence-electron chi connectivity index (χ1n) is 8.42. The number of benzene rings is 2. The molecular formula is C19H21N3O4. The van der Waals surface area contributed by atoms with Crippen LogP contribution >= 0.6 is 0 Å². The second-order valence-electron chi connectivity index (χ2n) is 5.94. The largest absolute Gasteiger partial charge is 0.490 e. The number of nitrogens with two attached hydrogens (primary N) is 1. The Morgan fingerprint density at radius 2 is 1.77 bits per heavy atom. The molecule has 7 heteroatoms. The maximum Gasteiger partial charge on any atom is 0.312 e. The Labute approximate surface area is 151 Å². The summed E-state index contributed by atoms with van der Waals surface area (Å²) in [6, 6.07) is 13.3. The number of urea groups is 1. The van der Waals surface area contributed by atoms with Crippen molar-refractivity contribution >= 4 is 17.6 Å². The second kappa shape index (κ2) is 8.24. The highest BCUT2D eigenvalue weighted by Crippen LogP contribution is 2.32. The Morgan fingerprint density at radius 1 is 1.04 bits per heavy atom. The first-order valence-corrected chi connectivity index (χ1v) is 8.42. The number of hydrogen-bond acceptors (Lipinski definition) is 4. The van der Waals surface area contributed by atoms with E-state index in [1.54, 1.807) is 18.2 Å². The van der Waals surface area contributed by atoms with Crippen LogP contribution < -0.4 is 25.8 Å². The molecule has 3 rings (SSSR count). The van der Waals surface area contributed by atoms with E-state index < -0.39 is 12.1 Å². The van der Waals surface area contributed by atoms with E-state index in [1.807, 2.05) is 30.3 Å². The summed E-state index contributed by atoms with van der Waals surface area (Å²) in [5.74, 6) is 1.02. The lowest BCUT2D eigenvalue weighted by Gasteiger charge is -2.18. The van der Waals surface area contributed by atoms with Crippen LogP contribution in [0.4, 0.5) is 10.5 Å². The molecule has 2 aromatic carbocycles. The summed E-state index contributed by atoms with van der Waals surface area (Å²) in [5, 5.41) is 5.42. The van der Waals surface area contributed by atoms with Crippen LogP contribution in [0.5, 0.6) is 11.5 Å². The molecule has 1 atom stereocenters. The van der Waals surface area contributed by atoms with Crippen LogP contribution in [0, 0.1) is 0 Å². The predicted octanol–water partition coefficient (Wildman–Crippen LogP) is 2.59. The fraction of sp³-hybridized carbons (Fsp3) is 0.263. The van der Waals surface area contributed by atoms with Gasteiger partial charge in [0.1, 0.15) is 0 Å². The lowest BCUT2D eigenvalue weighted by atomic mass is 10.0. The van der Waals surface area contributed by atoms with Gasteiger partial charge in [0.05, 0.1) is 25.7 Å². The summed E-state index contributed by atoms with van der Waals surface area (Å²) in [5.41, 5.74) is 6.65. The summed E-state index contributed by atoms with van der Waals surface area (Å²) in [7, 11) is 0. The van der Waals surface area contributed by atoms with Gasteiger partial charge in [-0.25, -0.2) is 4.79 Å². The number of rotatable bonds is 5. The van der Waals surface area contributed by atoms with Crippen LogP contribution in [-0.2, 0) is 4.79 Å². The molecule has 0 bridgehead atoms. The molecule has 1 aliphatic rings. The van der Waals surface area contributed by atoms with Crippen LogP contribution in [0.3, 0.4) is 0 Å². The maximum atomic E-state index is 12.4. The van der Waals surface area contributed by atoms with Crippen LogP contribution in [-0.4, -0.2) is 25.2 Å². The molecule has 0 saturated heterocycles. The van der Waals surface area contributed by atoms with Crippen molar-refractivity contribution in [1.29, 1.82) is 0 Å². The summed E-state index contributed by atoms with van der Waals surface area (Å²) in [6.45, 7) is 1.18. The van der Waals surface area contributed by atoms with Gasteiger partial charge in [0, 0.05) is 18.2 Å². The first-order chi connectivity index (χ1) is 12.6. The van der Waals surface area contributed by atoms with E-state index in [2.05, 4.69) is 10.6 Å². The third-order valence-corrected chi connectivity index (χ3v) is 3.94. The molecule has 0 saturated carbocycles. The van der Waals surface area contributed by atoms with E-state index in [4.69, 9.17) is 15.2 Å². The van der Waals surface area contributed by atoms with E-state index >= 15 is 0 Å². The monoisotopic (exact) mass is 355 g/mol. The van der Waals surface area contributed by atoms with Gasteiger partial charge in [-0.3, -0.25) is 4.79 Å². The zero-order valence-corrected chi connectivity index (χ0v) is 14.2. The summed E-state index contributed by atoms with van der Waals surface area (Å²) in [4.78, 5) is 23.7. The van der Waals surface area contributed by atoms with Gasteiger partial charge in [0.25, 0.3) is 0 Å². The van der Waals surface area contributed by atoms with Crippen LogP contribution in [0.2, 0.25) is 0 Å². The molecule has 0 radical (unpaired) electrons. The smallest absolute Gasteiger partial charge is 0.312 e. The summed E-state index contributed by atoms with van der Waals surface area (Å²) in [6.07, 6.45) is 0.870. The maximum absolute atomic E-state index is 12.4. The Balaban J connectivity index is 1.68. The van der Waals surface area contributed by atoms with Gasteiger partial charge in [0.15, 0.2) is 11.5 Å². The lowest BCUT2D eigenvalue weighted by Crippen LogP contribution is -2.35. The number of carbonyl (C=O) groups is 2. The zero-order chi connectivity index (χ0) is 18.4. The minimum atomic E-state index is -0.678. The molecule has 3 amide bonds. The van der Waals surface area contributed by atoms with Crippen molar-refractivity contribution in [1.82, 2.24) is 5.32 Å². The first kappa shape index (κ1) is 17.6. The molecule has 0 aliphatic carbocycles. The molecule has 1 heterocycles. The highest BCUT2D eigenvalue weighted by atomic mass is 16.5. The molecule has 7 nitrogen and oxygen atoms in total. The molecule has 1 aliphatic heterocycles. The standard InChI is InChI=1S/C19H21N3O4/c20-19(24)22-15(13-5-2-1-3-6-13)12-18(23)21-14-7-8-16-17(11-14)26-10-4-9-25-16/h1-3,5-8,11,15H,4,9-10,12H2,(H,21,23)(H3,20,22,24). The van der Waals surface area contributed by atoms with Crippen LogP contribution in [0.25, 0.3) is 0 Å². The van der Waals surface area contributed by atoms with Gasteiger partial charge >= 0.3 is 6.03 Å². The van der Waals surface area contributed by atoms with E-state index in [1.165, 1.54) is 0 Å². The van der Waals surface area contributed by atoms with Crippen molar-refractivity contribution in [2.75, 3.05) is 18.5 Å². The predicted molar refractivity (Wildman–Crippen MR) is 97.2 cm³/mol. The number of fused-ring (bicyclic) bond motifs is 1. The van der Waals surface area contributed by atoms with E-state index in [0.29, 0.717) is 30.4 Å². The number of primary amides is 1. The number of anilines is 1. The third-order valence-electron chi connectivity index (χ3n) is 3.94. The van der Waals surface area contributed by atoms with Crippen molar-refractivity contribution in [3.8, 4) is 11.5 Å². The van der Waals surface area contributed by atoms with Gasteiger partial charge < -0.3 is 25.8 Å². The van der Waals surface area contributed by atoms with Gasteiger partial charge in [-0.1, -0.05) is 30.3 Å². The molecule has 2 aromatic rings. The van der Waals surface area contributed by atoms with E-state index in [9.17, 15) is 9.59 Å². The molecule has 0 aromatic heterocycles. The molecule has 0 spiro atoms. The number of amides is 3. The number of carbonyl (C=O) groups excluding carboxylic acids is 2. The zero-order valence-electron chi connectivity index (χ0n) is 14.2. The molecule has 4 N–H and O–H groups in total. The van der Waals surface area contributed by atoms with Crippen molar-refractivity contribution in [2.45, 2.75) is 18.9 Å². The molecule has 1 unspecified atom stereocenters. The molecule has 0 fully saturated rings. The van der Waals surface area contributed by atoms with Crippen LogP contribution in [0.1, 0.15) is 24.4 Å². The van der Waals surface area contributed by atoms with Gasteiger partial charge in [-0.2, -0.15) is 0 Å². The Bertz CT molecular complexity index is 780. The Morgan fingerprint density at radius 3 is 2.50 bits per heavy atom. The fourth-order valence-electron chi connectivity index (χ4n) is 2.75. The Kier molecular flexibility index (Phi) is 5.58. The van der Waals surface area contributed by atoms with Crippen molar-refractivity contribution in [3.63, 3.8) is 0 Å². The highest BCUT2D eigenvalue weighted by Gasteiger charge is 2.18. The second-order valence-corrected chi connectivity index (χ2v) is 5.94. The normalized spacial score (nSPS) is 14.0. The molecule has 136 valence electrons. The average molecular weight is 355 g/mol. The topological polar surface area (TPSA) is 103 Å². The fourth-order valence-corrected chi connectivity index (χ4v) is 2.75. The summed E-state index contributed by atoms with van der Waals surface area (Å²) >= 11 is 0. The molecule has 26 heavy (non-hydrogen) atoms. The number of nitrogens with one attached hydrogen (secondary N) is 2. The SMILES string of the molecule is NC(=O)NC(CC(=O)Nc1ccc2c(c1)OCCCO2)c1ccccc1. The average Bonchev–Trinajstić information content (AvgIpc) is 2.86. The quantitative estimate of drug-likeness (QED) is 0.767. The van der Waals surface area contributed by atoms with Crippen molar-refractivity contribution in [3.05, 3.63) is 54.1 Å². The minimum Gasteiger partial charge on any atom is -0.490 e. The lowest BCUT2D eigenvalue weighted by molar-refractivity contribution is -0.116. The van der Waals surface area contributed by atoms with Gasteiger partial charge in [-0.05, 0) is 17.7 Å². The number of ether oxygens (including phenoxy) is 2. The Hall–Kier alpha value is -3.22. The van der Waals surface area contributed by atoms with E-state index in [0.717, 1.165) is 12.0 Å². The van der Waals surface area contributed by atoms with Gasteiger partial charge in [0.2, 0.25) is 5.91 Å². The number of hydrogen-bond donors (Lipinski definition) is 3. The van der Waals surface area contributed by atoms with Gasteiger partial charge in [-0.15, -0.1) is 0 Å². The molecular weight excluding hydrogens is 334 g/mol. The van der Waals surface area contributed by atoms with Crippen LogP contribution in [0.15, 0.2) is 48.5 Å². The minimum absolute atomic E-state index is 0.0569. The third kappa shape index (κ3) is 4.66.